The molecule has 0 saturated carbocycles. The van der Waals surface area contributed by atoms with Gasteiger partial charge in [0, 0.05) is 36.1 Å². The summed E-state index contributed by atoms with van der Waals surface area (Å²) in [5.74, 6) is 1.16. The number of rotatable bonds is 7. The lowest BCUT2D eigenvalue weighted by Crippen LogP contribution is -2.22. The molecule has 0 atom stereocenters. The molecule has 0 aliphatic heterocycles. The lowest BCUT2D eigenvalue weighted by Gasteiger charge is -2.11. The molecule has 0 aliphatic rings. The highest BCUT2D eigenvalue weighted by atomic mass is 16.5. The Morgan fingerprint density at radius 2 is 2.05 bits per heavy atom. The van der Waals surface area contributed by atoms with Crippen LogP contribution in [0.15, 0.2) is 18.2 Å². The fourth-order valence-corrected chi connectivity index (χ4v) is 2.03. The lowest BCUT2D eigenvalue weighted by molar-refractivity contribution is 0.440. The maximum atomic E-state index is 5.75. The first kappa shape index (κ1) is 15.5. The van der Waals surface area contributed by atoms with Crippen molar-refractivity contribution >= 4 is 0 Å². The van der Waals surface area contributed by atoms with E-state index in [1.165, 1.54) is 5.56 Å². The molecule has 0 unspecified atom stereocenters. The van der Waals surface area contributed by atoms with Crippen molar-refractivity contribution in [3.05, 3.63) is 35.2 Å². The molecule has 0 bridgehead atoms. The molecule has 2 aromatic heterocycles. The molecule has 2 heterocycles. The highest BCUT2D eigenvalue weighted by Gasteiger charge is 2.07. The smallest absolute Gasteiger partial charge is 0.240 e. The van der Waals surface area contributed by atoms with Crippen molar-refractivity contribution in [3.8, 4) is 11.8 Å². The molecule has 0 aliphatic carbocycles. The van der Waals surface area contributed by atoms with Crippen LogP contribution in [0.1, 0.15) is 44.1 Å². The molecular weight excluding hydrogens is 264 g/mol. The predicted molar refractivity (Wildman–Crippen MR) is 83.6 cm³/mol. The van der Waals surface area contributed by atoms with Crippen molar-refractivity contribution in [1.82, 2.24) is 20.5 Å². The minimum absolute atomic E-state index is 0.450. The molecular formula is C16H24N4O. The summed E-state index contributed by atoms with van der Waals surface area (Å²) in [6.07, 6.45) is 2.01. The molecule has 114 valence electrons. The summed E-state index contributed by atoms with van der Waals surface area (Å²) < 4.78 is 5.75. The molecule has 5 nitrogen and oxygen atoms in total. The van der Waals surface area contributed by atoms with Gasteiger partial charge >= 0.3 is 0 Å². The highest BCUT2D eigenvalue weighted by molar-refractivity contribution is 5.28. The zero-order valence-corrected chi connectivity index (χ0v) is 13.2. The van der Waals surface area contributed by atoms with Crippen molar-refractivity contribution in [2.45, 2.75) is 53.1 Å². The number of hydrogen-bond donors (Lipinski definition) is 2. The quantitative estimate of drug-likeness (QED) is 0.820. The third kappa shape index (κ3) is 4.86. The van der Waals surface area contributed by atoms with Gasteiger partial charge in [0.1, 0.15) is 0 Å². The zero-order chi connectivity index (χ0) is 15.2. The maximum absolute atomic E-state index is 5.75. The second-order valence-electron chi connectivity index (χ2n) is 5.58. The van der Waals surface area contributed by atoms with Crippen LogP contribution in [0.3, 0.4) is 0 Å². The number of aromatic nitrogens is 3. The van der Waals surface area contributed by atoms with E-state index < -0.39 is 0 Å². The van der Waals surface area contributed by atoms with Crippen LogP contribution in [-0.4, -0.2) is 21.2 Å². The van der Waals surface area contributed by atoms with Crippen LogP contribution in [-0.2, 0) is 13.0 Å². The van der Waals surface area contributed by atoms with E-state index >= 15 is 0 Å². The average molecular weight is 288 g/mol. The predicted octanol–water partition coefficient (Wildman–Crippen LogP) is 3.36. The standard InChI is InChI=1S/C16H24N4O/c1-5-6-14-8-13(10-17-11(2)3)9-15(18-14)21-16-7-12(4)19-20-16/h7-9,11,17H,5-6,10H2,1-4H3,(H,19,20). The summed E-state index contributed by atoms with van der Waals surface area (Å²) in [5.41, 5.74) is 3.21. The van der Waals surface area contributed by atoms with E-state index in [0.717, 1.165) is 30.8 Å². The summed E-state index contributed by atoms with van der Waals surface area (Å²) in [7, 11) is 0. The van der Waals surface area contributed by atoms with Gasteiger partial charge in [-0.1, -0.05) is 27.2 Å². The third-order valence-corrected chi connectivity index (χ3v) is 3.03. The fraction of sp³-hybridized carbons (Fsp3) is 0.500. The molecule has 0 fully saturated rings. The Bertz CT molecular complexity index is 577. The first-order valence-corrected chi connectivity index (χ1v) is 7.50. The van der Waals surface area contributed by atoms with Crippen LogP contribution in [0.2, 0.25) is 0 Å². The third-order valence-electron chi connectivity index (χ3n) is 3.03. The van der Waals surface area contributed by atoms with Gasteiger partial charge in [-0.3, -0.25) is 5.10 Å². The van der Waals surface area contributed by atoms with Gasteiger partial charge in [-0.2, -0.15) is 0 Å². The topological polar surface area (TPSA) is 62.8 Å². The molecule has 0 saturated heterocycles. The van der Waals surface area contributed by atoms with E-state index in [4.69, 9.17) is 4.74 Å². The number of pyridine rings is 1. The molecule has 0 spiro atoms. The normalized spacial score (nSPS) is 11.1. The number of nitrogens with zero attached hydrogens (tertiary/aromatic N) is 2. The first-order valence-electron chi connectivity index (χ1n) is 7.50. The van der Waals surface area contributed by atoms with Crippen LogP contribution >= 0.6 is 0 Å². The van der Waals surface area contributed by atoms with E-state index in [1.807, 2.05) is 19.1 Å². The Morgan fingerprint density at radius 3 is 2.67 bits per heavy atom. The van der Waals surface area contributed by atoms with E-state index in [0.29, 0.717) is 17.8 Å². The number of nitrogens with one attached hydrogen (secondary N) is 2. The lowest BCUT2D eigenvalue weighted by atomic mass is 10.1. The summed E-state index contributed by atoms with van der Waals surface area (Å²) in [6.45, 7) is 9.18. The molecule has 0 radical (unpaired) electrons. The molecule has 2 aromatic rings. The van der Waals surface area contributed by atoms with Crippen LogP contribution in [0.4, 0.5) is 0 Å². The molecule has 21 heavy (non-hydrogen) atoms. The van der Waals surface area contributed by atoms with E-state index in [1.54, 1.807) is 0 Å². The zero-order valence-electron chi connectivity index (χ0n) is 13.2. The van der Waals surface area contributed by atoms with Gasteiger partial charge < -0.3 is 10.1 Å². The maximum Gasteiger partial charge on any atom is 0.240 e. The highest BCUT2D eigenvalue weighted by Crippen LogP contribution is 2.20. The number of ether oxygens (including phenoxy) is 1. The Labute approximate surface area is 126 Å². The van der Waals surface area contributed by atoms with E-state index in [9.17, 15) is 0 Å². The molecule has 2 N–H and O–H groups in total. The van der Waals surface area contributed by atoms with Gasteiger partial charge in [-0.15, -0.1) is 5.10 Å². The summed E-state index contributed by atoms with van der Waals surface area (Å²) in [5, 5.41) is 10.4. The van der Waals surface area contributed by atoms with Crippen molar-refractivity contribution in [1.29, 1.82) is 0 Å². The van der Waals surface area contributed by atoms with Crippen LogP contribution in [0, 0.1) is 6.92 Å². The van der Waals surface area contributed by atoms with Crippen molar-refractivity contribution in [2.24, 2.45) is 0 Å². The summed E-state index contributed by atoms with van der Waals surface area (Å²) in [4.78, 5) is 4.55. The van der Waals surface area contributed by atoms with Crippen molar-refractivity contribution < 1.29 is 4.74 Å². The van der Waals surface area contributed by atoms with Crippen LogP contribution in [0.25, 0.3) is 0 Å². The first-order chi connectivity index (χ1) is 10.1. The minimum atomic E-state index is 0.450. The van der Waals surface area contributed by atoms with E-state index in [2.05, 4.69) is 47.3 Å². The fourth-order valence-electron chi connectivity index (χ4n) is 2.03. The van der Waals surface area contributed by atoms with Gasteiger partial charge in [0.25, 0.3) is 0 Å². The Kier molecular flexibility index (Phi) is 5.33. The Hall–Kier alpha value is -1.88. The van der Waals surface area contributed by atoms with Gasteiger partial charge in [-0.05, 0) is 25.0 Å². The number of H-pyrrole nitrogens is 1. The van der Waals surface area contributed by atoms with Gasteiger partial charge in [0.15, 0.2) is 0 Å². The number of aromatic amines is 1. The average Bonchev–Trinajstić information content (AvgIpc) is 2.82. The number of aryl methyl sites for hydroxylation is 2. The SMILES string of the molecule is CCCc1cc(CNC(C)C)cc(Oc2cc(C)[nH]n2)n1. The van der Waals surface area contributed by atoms with Crippen LogP contribution < -0.4 is 10.1 Å². The molecule has 2 rings (SSSR count). The van der Waals surface area contributed by atoms with Gasteiger partial charge in [-0.25, -0.2) is 4.98 Å². The van der Waals surface area contributed by atoms with E-state index in [-0.39, 0.29) is 0 Å². The summed E-state index contributed by atoms with van der Waals surface area (Å²) >= 11 is 0. The molecule has 0 aromatic carbocycles. The van der Waals surface area contributed by atoms with Crippen LogP contribution in [0.5, 0.6) is 11.8 Å². The minimum Gasteiger partial charge on any atom is -0.419 e. The summed E-state index contributed by atoms with van der Waals surface area (Å²) in [6, 6.07) is 6.42. The van der Waals surface area contributed by atoms with Gasteiger partial charge in [0.05, 0.1) is 0 Å². The van der Waals surface area contributed by atoms with Crippen molar-refractivity contribution in [3.63, 3.8) is 0 Å². The molecule has 0 amide bonds. The molecule has 5 heteroatoms. The van der Waals surface area contributed by atoms with Gasteiger partial charge in [0.2, 0.25) is 11.8 Å². The number of hydrogen-bond acceptors (Lipinski definition) is 4. The Morgan fingerprint density at radius 1 is 1.24 bits per heavy atom. The Balaban J connectivity index is 2.17. The monoisotopic (exact) mass is 288 g/mol. The second kappa shape index (κ2) is 7.22. The second-order valence-corrected chi connectivity index (χ2v) is 5.58. The largest absolute Gasteiger partial charge is 0.419 e. The van der Waals surface area contributed by atoms with Crippen molar-refractivity contribution in [2.75, 3.05) is 0 Å².